The van der Waals surface area contributed by atoms with E-state index in [-0.39, 0.29) is 37.9 Å². The Kier molecular flexibility index (Phi) is 16.3. The molecule has 2 heterocycles. The summed E-state index contributed by atoms with van der Waals surface area (Å²) in [6.07, 6.45) is 2.71. The van der Waals surface area contributed by atoms with Gasteiger partial charge in [-0.25, -0.2) is 16.2 Å². The first kappa shape index (κ1) is 43.0. The minimum Gasteiger partial charge on any atom is -0.444 e. The molecular formula is C38H57Cl2N3O5. The first-order valence-electron chi connectivity index (χ1n) is 15.8. The number of carbonyl (C=O) groups excluding carboxylic acids is 2. The number of nitrogens with zero attached hydrogens (tertiary/aromatic N) is 3. The van der Waals surface area contributed by atoms with Gasteiger partial charge in [0, 0.05) is 48.7 Å². The molecule has 268 valence electrons. The Bertz CT molecular complexity index is 1330. The summed E-state index contributed by atoms with van der Waals surface area (Å²) in [5.41, 5.74) is 1.12. The molecule has 0 atom stereocenters. The van der Waals surface area contributed by atoms with Crippen molar-refractivity contribution in [2.45, 2.75) is 104 Å². The predicted octanol–water partition coefficient (Wildman–Crippen LogP) is 10.1. The number of amides is 2. The lowest BCUT2D eigenvalue weighted by atomic mass is 9.73. The highest BCUT2D eigenvalue weighted by Gasteiger charge is 2.41. The summed E-state index contributed by atoms with van der Waals surface area (Å²) in [7, 11) is 1.72. The maximum atomic E-state index is 12.2. The number of hydrogen-bond acceptors (Lipinski definition) is 5. The number of piperidine rings is 2. The van der Waals surface area contributed by atoms with Gasteiger partial charge in [0.05, 0.1) is 12.0 Å². The largest absolute Gasteiger partial charge is 0.444 e. The highest BCUT2D eigenvalue weighted by Crippen LogP contribution is 2.38. The molecule has 0 aliphatic carbocycles. The molecule has 2 aromatic carbocycles. The SMILES string of the molecule is C.C.COCC1(c2ccc(Cl)cc2)CCN(C(=O)OC(C)(C)C)CC1.[C-]#[N+]CC1(c2ccc(Cl)cc2)CCN(C(=O)OC(C)(C)C)CC1. The fourth-order valence-electron chi connectivity index (χ4n) is 5.98. The second-order valence-corrected chi connectivity index (χ2v) is 15.1. The molecule has 2 fully saturated rings. The van der Waals surface area contributed by atoms with E-state index in [0.29, 0.717) is 44.4 Å². The molecule has 2 amide bonds. The zero-order valence-electron chi connectivity index (χ0n) is 28.3. The van der Waals surface area contributed by atoms with Crippen LogP contribution in [0.5, 0.6) is 0 Å². The van der Waals surface area contributed by atoms with Crippen LogP contribution in [0.15, 0.2) is 48.5 Å². The van der Waals surface area contributed by atoms with E-state index < -0.39 is 11.2 Å². The van der Waals surface area contributed by atoms with Crippen LogP contribution in [0.2, 0.25) is 10.0 Å². The quantitative estimate of drug-likeness (QED) is 0.290. The van der Waals surface area contributed by atoms with Gasteiger partial charge in [-0.05, 0) is 103 Å². The van der Waals surface area contributed by atoms with Crippen molar-refractivity contribution in [3.63, 3.8) is 0 Å². The summed E-state index contributed by atoms with van der Waals surface area (Å²) in [6.45, 7) is 22.2. The Labute approximate surface area is 299 Å². The van der Waals surface area contributed by atoms with E-state index >= 15 is 0 Å². The minimum atomic E-state index is -0.488. The third kappa shape index (κ3) is 12.2. The maximum absolute atomic E-state index is 12.2. The molecule has 0 N–H and O–H groups in total. The van der Waals surface area contributed by atoms with Gasteiger partial charge >= 0.3 is 12.2 Å². The van der Waals surface area contributed by atoms with Gasteiger partial charge in [-0.15, -0.1) is 0 Å². The van der Waals surface area contributed by atoms with E-state index in [1.54, 1.807) is 16.9 Å². The molecule has 10 heteroatoms. The Morgan fingerprint density at radius 2 is 1.04 bits per heavy atom. The maximum Gasteiger partial charge on any atom is 0.410 e. The summed E-state index contributed by atoms with van der Waals surface area (Å²) in [4.78, 5) is 31.6. The van der Waals surface area contributed by atoms with Crippen molar-refractivity contribution < 1.29 is 23.8 Å². The van der Waals surface area contributed by atoms with Crippen molar-refractivity contribution in [3.8, 4) is 0 Å². The highest BCUT2D eigenvalue weighted by atomic mass is 35.5. The summed E-state index contributed by atoms with van der Waals surface area (Å²) in [5, 5.41) is 1.42. The number of likely N-dealkylation sites (tertiary alicyclic amines) is 2. The number of rotatable bonds is 5. The molecule has 0 aromatic heterocycles. The monoisotopic (exact) mass is 705 g/mol. The van der Waals surface area contributed by atoms with Crippen LogP contribution in [0.1, 0.15) is 93.2 Å². The molecule has 0 bridgehead atoms. The van der Waals surface area contributed by atoms with Crippen LogP contribution in [-0.2, 0) is 25.0 Å². The Morgan fingerprint density at radius 1 is 0.708 bits per heavy atom. The summed E-state index contributed by atoms with van der Waals surface area (Å²) in [5.74, 6) is 0. The van der Waals surface area contributed by atoms with Crippen molar-refractivity contribution in [2.75, 3.05) is 46.4 Å². The average Bonchev–Trinajstić information content (AvgIpc) is 2.97. The van der Waals surface area contributed by atoms with E-state index in [1.807, 2.05) is 77.9 Å². The standard InChI is InChI=1S/C18H23ClN2O2.C18H26ClNO3.2CH4/c1-17(2,3)23-16(22)21-11-9-18(10-12-21,13-20-4)14-5-7-15(19)8-6-14;1-17(2,3)23-16(21)20-11-9-18(10-12-20,13-22-4)14-5-7-15(19)8-6-14;;/h5-8H,9-13H2,1-3H3;5-8H,9-13H2,1-4H3;2*1H4. The molecule has 2 saturated heterocycles. The van der Waals surface area contributed by atoms with Crippen molar-refractivity contribution in [1.82, 2.24) is 9.80 Å². The third-order valence-corrected chi connectivity index (χ3v) is 8.96. The molecule has 0 unspecified atom stereocenters. The van der Waals surface area contributed by atoms with Gasteiger partial charge in [0.25, 0.3) is 0 Å². The molecule has 2 aliphatic heterocycles. The van der Waals surface area contributed by atoms with Crippen molar-refractivity contribution in [3.05, 3.63) is 81.1 Å². The minimum absolute atomic E-state index is 0. The highest BCUT2D eigenvalue weighted by molar-refractivity contribution is 6.30. The number of methoxy groups -OCH3 is 1. The first-order valence-corrected chi connectivity index (χ1v) is 16.6. The van der Waals surface area contributed by atoms with Crippen molar-refractivity contribution in [1.29, 1.82) is 0 Å². The fraction of sp³-hybridized carbons (Fsp3) is 0.605. The average molecular weight is 707 g/mol. The van der Waals surface area contributed by atoms with Crippen LogP contribution in [0.4, 0.5) is 9.59 Å². The Balaban J connectivity index is 0.000000461. The van der Waals surface area contributed by atoms with E-state index in [0.717, 1.165) is 36.3 Å². The lowest BCUT2D eigenvalue weighted by Crippen LogP contribution is -2.48. The number of benzene rings is 2. The van der Waals surface area contributed by atoms with Crippen LogP contribution in [0, 0.1) is 6.57 Å². The lowest BCUT2D eigenvalue weighted by molar-refractivity contribution is 0.00962. The molecule has 2 aromatic rings. The van der Waals surface area contributed by atoms with Crippen LogP contribution in [-0.4, -0.2) is 79.6 Å². The molecule has 0 saturated carbocycles. The molecule has 8 nitrogen and oxygen atoms in total. The summed E-state index contributed by atoms with van der Waals surface area (Å²) >= 11 is 12.0. The van der Waals surface area contributed by atoms with E-state index in [9.17, 15) is 9.59 Å². The first-order chi connectivity index (χ1) is 21.5. The zero-order chi connectivity index (χ0) is 34.2. The number of halogens is 2. The molecular weight excluding hydrogens is 649 g/mol. The van der Waals surface area contributed by atoms with Crippen molar-refractivity contribution >= 4 is 35.4 Å². The zero-order valence-corrected chi connectivity index (χ0v) is 29.8. The third-order valence-electron chi connectivity index (χ3n) is 8.46. The Morgan fingerprint density at radius 3 is 1.35 bits per heavy atom. The molecule has 48 heavy (non-hydrogen) atoms. The van der Waals surface area contributed by atoms with Crippen LogP contribution in [0.25, 0.3) is 4.85 Å². The van der Waals surface area contributed by atoms with Gasteiger partial charge in [-0.3, -0.25) is 0 Å². The van der Waals surface area contributed by atoms with Gasteiger partial charge in [0.2, 0.25) is 6.54 Å². The van der Waals surface area contributed by atoms with Crippen LogP contribution < -0.4 is 0 Å². The topological polar surface area (TPSA) is 72.7 Å². The number of ether oxygens (including phenoxy) is 3. The van der Waals surface area contributed by atoms with Gasteiger partial charge in [-0.2, -0.15) is 0 Å². The molecule has 2 aliphatic rings. The van der Waals surface area contributed by atoms with E-state index in [2.05, 4.69) is 17.0 Å². The molecule has 0 radical (unpaired) electrons. The molecule has 4 rings (SSSR count). The van der Waals surface area contributed by atoms with Crippen LogP contribution in [0.3, 0.4) is 0 Å². The van der Waals surface area contributed by atoms with E-state index in [1.165, 1.54) is 5.56 Å². The second-order valence-electron chi connectivity index (χ2n) is 14.3. The van der Waals surface area contributed by atoms with E-state index in [4.69, 9.17) is 44.0 Å². The Hall–Kier alpha value is -2.99. The van der Waals surface area contributed by atoms with Crippen molar-refractivity contribution in [2.24, 2.45) is 0 Å². The summed E-state index contributed by atoms with van der Waals surface area (Å²) < 4.78 is 16.4. The van der Waals surface area contributed by atoms with Gasteiger partial charge < -0.3 is 28.9 Å². The second kappa shape index (κ2) is 18.1. The smallest absolute Gasteiger partial charge is 0.410 e. The number of hydrogen-bond donors (Lipinski definition) is 0. The summed E-state index contributed by atoms with van der Waals surface area (Å²) in [6, 6.07) is 15.7. The van der Waals surface area contributed by atoms with Gasteiger partial charge in [0.15, 0.2) is 0 Å². The normalized spacial score (nSPS) is 16.9. The fourth-order valence-corrected chi connectivity index (χ4v) is 6.23. The number of carbonyl (C=O) groups is 2. The van der Waals surface area contributed by atoms with Gasteiger partial charge in [-0.1, -0.05) is 62.3 Å². The lowest BCUT2D eigenvalue weighted by Gasteiger charge is -2.42. The van der Waals surface area contributed by atoms with Gasteiger partial charge in [0.1, 0.15) is 11.2 Å². The predicted molar refractivity (Wildman–Crippen MR) is 197 cm³/mol. The van der Waals surface area contributed by atoms with Crippen LogP contribution >= 0.6 is 23.2 Å². The molecule has 0 spiro atoms.